The molecular formula is C20H20BrFN2S. The van der Waals surface area contributed by atoms with Crippen LogP contribution in [-0.4, -0.2) is 14.3 Å². The third kappa shape index (κ3) is 5.19. The predicted molar refractivity (Wildman–Crippen MR) is 105 cm³/mol. The van der Waals surface area contributed by atoms with E-state index in [4.69, 9.17) is 0 Å². The molecule has 3 aromatic rings. The number of aromatic nitrogens is 2. The van der Waals surface area contributed by atoms with Crippen LogP contribution in [-0.2, 0) is 13.0 Å². The van der Waals surface area contributed by atoms with Crippen molar-refractivity contribution in [2.45, 2.75) is 36.0 Å². The molecule has 0 aliphatic heterocycles. The first-order valence-corrected chi connectivity index (χ1v) is 9.79. The summed E-state index contributed by atoms with van der Waals surface area (Å²) in [4.78, 5) is 5.39. The summed E-state index contributed by atoms with van der Waals surface area (Å²) in [6, 6.07) is 15.1. The Kier molecular flexibility index (Phi) is 5.97. The summed E-state index contributed by atoms with van der Waals surface area (Å²) in [6.07, 6.45) is 7.54. The van der Waals surface area contributed by atoms with E-state index in [0.29, 0.717) is 0 Å². The highest BCUT2D eigenvalue weighted by Crippen LogP contribution is 2.40. The Balaban J connectivity index is 1.78. The van der Waals surface area contributed by atoms with Gasteiger partial charge in [0, 0.05) is 33.1 Å². The van der Waals surface area contributed by atoms with Crippen molar-refractivity contribution < 1.29 is 4.39 Å². The molecule has 2 nitrogen and oxygen atoms in total. The summed E-state index contributed by atoms with van der Waals surface area (Å²) in [7, 11) is 0. The van der Waals surface area contributed by atoms with Crippen molar-refractivity contribution in [2.75, 3.05) is 0 Å². The molecular weight excluding hydrogens is 399 g/mol. The van der Waals surface area contributed by atoms with Crippen LogP contribution >= 0.6 is 27.7 Å². The molecule has 130 valence electrons. The molecule has 1 aromatic heterocycles. The molecule has 0 bridgehead atoms. The number of rotatable bonds is 7. The van der Waals surface area contributed by atoms with Gasteiger partial charge in [0.2, 0.25) is 0 Å². The van der Waals surface area contributed by atoms with Crippen LogP contribution in [0.15, 0.2) is 76.6 Å². The van der Waals surface area contributed by atoms with Crippen LogP contribution in [0.25, 0.3) is 0 Å². The van der Waals surface area contributed by atoms with Gasteiger partial charge in [-0.2, -0.15) is 0 Å². The minimum atomic E-state index is -0.187. The van der Waals surface area contributed by atoms with E-state index < -0.39 is 0 Å². The average molecular weight is 419 g/mol. The molecule has 0 amide bonds. The molecule has 1 unspecified atom stereocenters. The molecule has 0 saturated heterocycles. The van der Waals surface area contributed by atoms with Gasteiger partial charge in [-0.3, -0.25) is 0 Å². The van der Waals surface area contributed by atoms with Gasteiger partial charge in [0.1, 0.15) is 5.82 Å². The number of imidazole rings is 1. The third-order valence-corrected chi connectivity index (χ3v) is 6.48. The number of thioether (sulfide) groups is 1. The fourth-order valence-corrected chi connectivity index (χ4v) is 4.57. The summed E-state index contributed by atoms with van der Waals surface area (Å²) in [5.74, 6) is -0.187. The molecule has 0 N–H and O–H groups in total. The van der Waals surface area contributed by atoms with Gasteiger partial charge in [-0.1, -0.05) is 24.3 Å². The van der Waals surface area contributed by atoms with Crippen LogP contribution in [0.5, 0.6) is 0 Å². The average Bonchev–Trinajstić information content (AvgIpc) is 3.09. The first-order valence-electron chi connectivity index (χ1n) is 8.18. The van der Waals surface area contributed by atoms with Crippen LogP contribution in [0, 0.1) is 5.82 Å². The Morgan fingerprint density at radius 1 is 1.16 bits per heavy atom. The van der Waals surface area contributed by atoms with Crippen LogP contribution in [0.4, 0.5) is 4.39 Å². The molecule has 0 saturated carbocycles. The molecule has 5 heteroatoms. The Morgan fingerprint density at radius 3 is 2.60 bits per heavy atom. The van der Waals surface area contributed by atoms with Gasteiger partial charge < -0.3 is 4.57 Å². The van der Waals surface area contributed by atoms with Gasteiger partial charge in [0.15, 0.2) is 0 Å². The maximum absolute atomic E-state index is 13.1. The second kappa shape index (κ2) is 8.19. The number of benzene rings is 2. The summed E-state index contributed by atoms with van der Waals surface area (Å²) >= 11 is 5.52. The minimum Gasteiger partial charge on any atom is -0.336 e. The third-order valence-electron chi connectivity index (χ3n) is 4.13. The van der Waals surface area contributed by atoms with Crippen molar-refractivity contribution in [1.29, 1.82) is 0 Å². The summed E-state index contributed by atoms with van der Waals surface area (Å²) < 4.78 is 16.3. The molecule has 1 heterocycles. The maximum atomic E-state index is 13.1. The Labute approximate surface area is 160 Å². The summed E-state index contributed by atoms with van der Waals surface area (Å²) in [6.45, 7) is 3.14. The van der Waals surface area contributed by atoms with Gasteiger partial charge in [0.25, 0.3) is 0 Å². The lowest BCUT2D eigenvalue weighted by Crippen LogP contribution is -2.27. The van der Waals surface area contributed by atoms with E-state index in [1.807, 2.05) is 48.7 Å². The highest BCUT2D eigenvalue weighted by Gasteiger charge is 2.27. The quantitative estimate of drug-likeness (QED) is 0.439. The van der Waals surface area contributed by atoms with E-state index in [-0.39, 0.29) is 10.6 Å². The highest BCUT2D eigenvalue weighted by atomic mass is 79.9. The van der Waals surface area contributed by atoms with Gasteiger partial charge in [-0.15, -0.1) is 11.8 Å². The molecule has 0 radical (unpaired) electrons. The van der Waals surface area contributed by atoms with E-state index in [1.165, 1.54) is 17.0 Å². The lowest BCUT2D eigenvalue weighted by Gasteiger charge is -2.30. The van der Waals surface area contributed by atoms with Crippen molar-refractivity contribution in [1.82, 2.24) is 9.55 Å². The maximum Gasteiger partial charge on any atom is 0.123 e. The molecule has 0 spiro atoms. The molecule has 1 atom stereocenters. The minimum absolute atomic E-state index is 0.0149. The number of nitrogens with zero attached hydrogens (tertiary/aromatic N) is 2. The topological polar surface area (TPSA) is 17.8 Å². The van der Waals surface area contributed by atoms with Crippen LogP contribution in [0.2, 0.25) is 0 Å². The van der Waals surface area contributed by atoms with E-state index >= 15 is 0 Å². The van der Waals surface area contributed by atoms with Gasteiger partial charge in [-0.05, 0) is 65.5 Å². The van der Waals surface area contributed by atoms with Crippen molar-refractivity contribution in [3.63, 3.8) is 0 Å². The normalized spacial score (nSPS) is 13.6. The first-order chi connectivity index (χ1) is 12.0. The van der Waals surface area contributed by atoms with E-state index in [0.717, 1.165) is 29.4 Å². The second-order valence-corrected chi connectivity index (χ2v) is 8.83. The molecule has 3 rings (SSSR count). The van der Waals surface area contributed by atoms with Gasteiger partial charge in [-0.25, -0.2) is 9.37 Å². The van der Waals surface area contributed by atoms with Gasteiger partial charge >= 0.3 is 0 Å². The molecule has 2 aromatic carbocycles. The lowest BCUT2D eigenvalue weighted by molar-refractivity contribution is 0.495. The Bertz CT molecular complexity index is 805. The fourth-order valence-electron chi connectivity index (χ4n) is 2.78. The standard InChI is InChI=1S/C20H20BrFN2S/c1-20(14-24-13-12-23-15-24,25-19-5-3-2-4-18(19)21)11-10-16-6-8-17(22)9-7-16/h2-9,12-13,15H,10-11,14H2,1H3. The smallest absolute Gasteiger partial charge is 0.123 e. The number of hydrogen-bond donors (Lipinski definition) is 0. The molecule has 25 heavy (non-hydrogen) atoms. The summed E-state index contributed by atoms with van der Waals surface area (Å²) in [5, 5.41) is 0. The van der Waals surface area contributed by atoms with E-state index in [2.05, 4.69) is 50.6 Å². The van der Waals surface area contributed by atoms with Crippen molar-refractivity contribution in [2.24, 2.45) is 0 Å². The van der Waals surface area contributed by atoms with Crippen molar-refractivity contribution in [3.05, 3.63) is 83.1 Å². The largest absolute Gasteiger partial charge is 0.336 e. The first kappa shape index (κ1) is 18.2. The lowest BCUT2D eigenvalue weighted by atomic mass is 10.00. The fraction of sp³-hybridized carbons (Fsp3) is 0.250. The Hall–Kier alpha value is -1.59. The Morgan fingerprint density at radius 2 is 1.92 bits per heavy atom. The number of hydrogen-bond acceptors (Lipinski definition) is 2. The highest BCUT2D eigenvalue weighted by molar-refractivity contribution is 9.10. The van der Waals surface area contributed by atoms with Crippen LogP contribution in [0.1, 0.15) is 18.9 Å². The SMILES string of the molecule is CC(CCc1ccc(F)cc1)(Cn1ccnc1)Sc1ccccc1Br. The molecule has 0 fully saturated rings. The van der Waals surface area contributed by atoms with E-state index in [1.54, 1.807) is 0 Å². The van der Waals surface area contributed by atoms with Gasteiger partial charge in [0.05, 0.1) is 6.33 Å². The monoisotopic (exact) mass is 418 g/mol. The zero-order valence-corrected chi connectivity index (χ0v) is 16.4. The number of aryl methyl sites for hydroxylation is 1. The predicted octanol–water partition coefficient (Wildman–Crippen LogP) is 5.97. The summed E-state index contributed by atoms with van der Waals surface area (Å²) in [5.41, 5.74) is 1.16. The molecule has 0 aliphatic carbocycles. The van der Waals surface area contributed by atoms with Crippen LogP contribution in [0.3, 0.4) is 0 Å². The van der Waals surface area contributed by atoms with Crippen molar-refractivity contribution in [3.8, 4) is 0 Å². The zero-order valence-electron chi connectivity index (χ0n) is 14.0. The molecule has 0 aliphatic rings. The van der Waals surface area contributed by atoms with Crippen molar-refractivity contribution >= 4 is 27.7 Å². The van der Waals surface area contributed by atoms with Crippen LogP contribution < -0.4 is 0 Å². The zero-order chi connectivity index (χ0) is 17.7. The van der Waals surface area contributed by atoms with E-state index in [9.17, 15) is 4.39 Å². The number of halogens is 2. The second-order valence-electron chi connectivity index (χ2n) is 6.34.